The van der Waals surface area contributed by atoms with Crippen molar-refractivity contribution in [1.82, 2.24) is 4.72 Å². The van der Waals surface area contributed by atoms with Gasteiger partial charge in [-0.05, 0) is 29.3 Å². The molecule has 0 bridgehead atoms. The molecule has 2 rings (SSSR count). The van der Waals surface area contributed by atoms with Crippen molar-refractivity contribution in [1.29, 1.82) is 0 Å². The van der Waals surface area contributed by atoms with E-state index in [1.807, 2.05) is 0 Å². The van der Waals surface area contributed by atoms with E-state index in [-0.39, 0.29) is 6.54 Å². The Morgan fingerprint density at radius 3 is 2.48 bits per heavy atom. The SMILES string of the molecule is O=S(=O)(NCc1cccc(CCl)c1)c1cc(F)ccc1F. The summed E-state index contributed by atoms with van der Waals surface area (Å²) in [6.07, 6.45) is 0. The molecule has 0 spiro atoms. The van der Waals surface area contributed by atoms with E-state index in [1.54, 1.807) is 24.3 Å². The number of alkyl halides is 1. The van der Waals surface area contributed by atoms with Crippen molar-refractivity contribution in [3.63, 3.8) is 0 Å². The Kier molecular flexibility index (Phi) is 4.92. The first kappa shape index (κ1) is 15.9. The van der Waals surface area contributed by atoms with E-state index in [9.17, 15) is 17.2 Å². The monoisotopic (exact) mass is 331 g/mol. The van der Waals surface area contributed by atoms with Gasteiger partial charge in [-0.25, -0.2) is 21.9 Å². The first-order valence-electron chi connectivity index (χ1n) is 6.01. The number of sulfonamides is 1. The predicted octanol–water partition coefficient (Wildman–Crippen LogP) is 3.18. The molecule has 0 aliphatic heterocycles. The standard InChI is InChI=1S/C14H12ClF2NO2S/c15-8-10-2-1-3-11(6-10)9-18-21(19,20)14-7-12(16)4-5-13(14)17/h1-7,18H,8-9H2. The number of rotatable bonds is 5. The van der Waals surface area contributed by atoms with Crippen LogP contribution in [0.3, 0.4) is 0 Å². The lowest BCUT2D eigenvalue weighted by molar-refractivity contribution is 0.545. The van der Waals surface area contributed by atoms with Crippen molar-refractivity contribution < 1.29 is 17.2 Å². The fourth-order valence-corrected chi connectivity index (χ4v) is 3.03. The molecule has 1 N–H and O–H groups in total. The minimum absolute atomic E-state index is 0.0387. The van der Waals surface area contributed by atoms with Gasteiger partial charge in [0.2, 0.25) is 10.0 Å². The van der Waals surface area contributed by atoms with Crippen molar-refractivity contribution in [2.45, 2.75) is 17.3 Å². The van der Waals surface area contributed by atoms with Crippen LogP contribution in [0.15, 0.2) is 47.4 Å². The van der Waals surface area contributed by atoms with Crippen molar-refractivity contribution in [2.75, 3.05) is 0 Å². The maximum absolute atomic E-state index is 13.5. The summed E-state index contributed by atoms with van der Waals surface area (Å²) in [5.41, 5.74) is 1.51. The summed E-state index contributed by atoms with van der Waals surface area (Å²) in [5.74, 6) is -1.52. The predicted molar refractivity (Wildman–Crippen MR) is 76.4 cm³/mol. The van der Waals surface area contributed by atoms with E-state index in [1.165, 1.54) is 0 Å². The third-order valence-corrected chi connectivity index (χ3v) is 4.52. The molecule has 2 aromatic carbocycles. The zero-order chi connectivity index (χ0) is 15.5. The van der Waals surface area contributed by atoms with E-state index < -0.39 is 26.6 Å². The van der Waals surface area contributed by atoms with E-state index in [2.05, 4.69) is 4.72 Å². The third-order valence-electron chi connectivity index (χ3n) is 2.79. The summed E-state index contributed by atoms with van der Waals surface area (Å²) < 4.78 is 52.8. The highest BCUT2D eigenvalue weighted by Crippen LogP contribution is 2.16. The second kappa shape index (κ2) is 6.51. The smallest absolute Gasteiger partial charge is 0.207 e. The molecule has 0 saturated carbocycles. The van der Waals surface area contributed by atoms with E-state index >= 15 is 0 Å². The Bertz CT molecular complexity index is 750. The Hall–Kier alpha value is -1.50. The van der Waals surface area contributed by atoms with Gasteiger partial charge in [-0.3, -0.25) is 0 Å². The van der Waals surface area contributed by atoms with E-state index in [0.717, 1.165) is 17.7 Å². The quantitative estimate of drug-likeness (QED) is 0.855. The third kappa shape index (κ3) is 4.00. The van der Waals surface area contributed by atoms with Crippen LogP contribution in [0, 0.1) is 11.6 Å². The summed E-state index contributed by atoms with van der Waals surface area (Å²) in [6.45, 7) is -0.0387. The largest absolute Gasteiger partial charge is 0.243 e. The van der Waals surface area contributed by atoms with Crippen LogP contribution < -0.4 is 4.72 Å². The molecule has 21 heavy (non-hydrogen) atoms. The topological polar surface area (TPSA) is 46.2 Å². The fraction of sp³-hybridized carbons (Fsp3) is 0.143. The molecule has 0 fully saturated rings. The molecule has 0 aliphatic rings. The van der Waals surface area contributed by atoms with Crippen LogP contribution in [-0.2, 0) is 22.4 Å². The van der Waals surface area contributed by atoms with Gasteiger partial charge in [0.25, 0.3) is 0 Å². The van der Waals surface area contributed by atoms with E-state index in [4.69, 9.17) is 11.6 Å². The highest BCUT2D eigenvalue weighted by molar-refractivity contribution is 7.89. The molecule has 0 amide bonds. The first-order valence-corrected chi connectivity index (χ1v) is 8.02. The van der Waals surface area contributed by atoms with Gasteiger partial charge >= 0.3 is 0 Å². The molecule has 0 aromatic heterocycles. The van der Waals surface area contributed by atoms with Crippen LogP contribution in [0.4, 0.5) is 8.78 Å². The molecule has 0 unspecified atom stereocenters. The number of halogens is 3. The molecule has 0 radical (unpaired) electrons. The van der Waals surface area contributed by atoms with Gasteiger partial charge in [0.1, 0.15) is 16.5 Å². The van der Waals surface area contributed by atoms with Crippen LogP contribution in [0.2, 0.25) is 0 Å². The minimum Gasteiger partial charge on any atom is -0.207 e. The summed E-state index contributed by atoms with van der Waals surface area (Å²) in [6, 6.07) is 9.27. The van der Waals surface area contributed by atoms with Crippen molar-refractivity contribution >= 4 is 21.6 Å². The van der Waals surface area contributed by atoms with Gasteiger partial charge in [-0.15, -0.1) is 11.6 Å². The molecule has 2 aromatic rings. The lowest BCUT2D eigenvalue weighted by Gasteiger charge is -2.08. The average molecular weight is 332 g/mol. The maximum Gasteiger partial charge on any atom is 0.243 e. The Balaban J connectivity index is 2.19. The van der Waals surface area contributed by atoms with E-state index in [0.29, 0.717) is 17.5 Å². The number of hydrogen-bond acceptors (Lipinski definition) is 2. The lowest BCUT2D eigenvalue weighted by Crippen LogP contribution is -2.24. The molecule has 112 valence electrons. The van der Waals surface area contributed by atoms with Crippen molar-refractivity contribution in [2.24, 2.45) is 0 Å². The molecule has 0 atom stereocenters. The van der Waals surface area contributed by atoms with Crippen LogP contribution in [0.25, 0.3) is 0 Å². The molecule has 0 aliphatic carbocycles. The summed E-state index contributed by atoms with van der Waals surface area (Å²) in [7, 11) is -4.13. The molecular formula is C14H12ClF2NO2S. The lowest BCUT2D eigenvalue weighted by atomic mass is 10.1. The van der Waals surface area contributed by atoms with Crippen molar-refractivity contribution in [3.05, 3.63) is 65.2 Å². The average Bonchev–Trinajstić information content (AvgIpc) is 2.48. The van der Waals surface area contributed by atoms with Gasteiger partial charge in [0, 0.05) is 12.4 Å². The van der Waals surface area contributed by atoms with Gasteiger partial charge in [0.15, 0.2) is 0 Å². The summed E-state index contributed by atoms with van der Waals surface area (Å²) in [5, 5.41) is 0. The van der Waals surface area contributed by atoms with Crippen LogP contribution in [-0.4, -0.2) is 8.42 Å². The molecule has 0 heterocycles. The number of nitrogens with one attached hydrogen (secondary N) is 1. The molecule has 3 nitrogen and oxygen atoms in total. The van der Waals surface area contributed by atoms with Gasteiger partial charge in [-0.1, -0.05) is 24.3 Å². The Labute approximate surface area is 126 Å². The minimum atomic E-state index is -4.13. The van der Waals surface area contributed by atoms with Crippen molar-refractivity contribution in [3.8, 4) is 0 Å². The normalized spacial score (nSPS) is 11.6. The molecular weight excluding hydrogens is 320 g/mol. The zero-order valence-corrected chi connectivity index (χ0v) is 12.4. The van der Waals surface area contributed by atoms with Crippen LogP contribution >= 0.6 is 11.6 Å². The summed E-state index contributed by atoms with van der Waals surface area (Å²) >= 11 is 5.69. The van der Waals surface area contributed by atoms with Gasteiger partial charge < -0.3 is 0 Å². The highest BCUT2D eigenvalue weighted by Gasteiger charge is 2.19. The number of hydrogen-bond donors (Lipinski definition) is 1. The van der Waals surface area contributed by atoms with Crippen LogP contribution in [0.5, 0.6) is 0 Å². The molecule has 7 heteroatoms. The fourth-order valence-electron chi connectivity index (χ4n) is 1.76. The Morgan fingerprint density at radius 1 is 1.05 bits per heavy atom. The zero-order valence-electron chi connectivity index (χ0n) is 10.8. The highest BCUT2D eigenvalue weighted by atomic mass is 35.5. The number of benzene rings is 2. The van der Waals surface area contributed by atoms with Gasteiger partial charge in [0.05, 0.1) is 0 Å². The Morgan fingerprint density at radius 2 is 1.76 bits per heavy atom. The molecule has 0 saturated heterocycles. The first-order chi connectivity index (χ1) is 9.92. The second-order valence-electron chi connectivity index (χ2n) is 4.35. The second-order valence-corrected chi connectivity index (χ2v) is 6.36. The summed E-state index contributed by atoms with van der Waals surface area (Å²) in [4.78, 5) is -0.712. The van der Waals surface area contributed by atoms with Gasteiger partial charge in [-0.2, -0.15) is 0 Å². The maximum atomic E-state index is 13.5. The van der Waals surface area contributed by atoms with Crippen LogP contribution in [0.1, 0.15) is 11.1 Å².